The Kier molecular flexibility index (Phi) is 3.58. The quantitative estimate of drug-likeness (QED) is 0.822. The second-order valence-corrected chi connectivity index (χ2v) is 4.99. The molecule has 84 valence electrons. The number of nitrogens with one attached hydrogen (secondary N) is 2. The van der Waals surface area contributed by atoms with E-state index in [0.29, 0.717) is 5.11 Å². The molecule has 2 aromatic rings. The summed E-state index contributed by atoms with van der Waals surface area (Å²) in [7, 11) is 0. The maximum atomic E-state index is 5.90. The van der Waals surface area contributed by atoms with E-state index in [4.69, 9.17) is 23.8 Å². The van der Waals surface area contributed by atoms with Crippen LogP contribution in [0.3, 0.4) is 0 Å². The fourth-order valence-electron chi connectivity index (χ4n) is 1.25. The first-order valence-electron chi connectivity index (χ1n) is 4.80. The molecule has 1 aromatic heterocycles. The average Bonchev–Trinajstić information content (AvgIpc) is 2.59. The maximum absolute atomic E-state index is 5.90. The van der Waals surface area contributed by atoms with E-state index in [1.165, 1.54) is 11.3 Å². The third-order valence-corrected chi connectivity index (χ3v) is 3.32. The lowest BCUT2D eigenvalue weighted by Gasteiger charge is -2.04. The summed E-state index contributed by atoms with van der Waals surface area (Å²) in [4.78, 5) is 4.40. The molecule has 2 rings (SSSR count). The van der Waals surface area contributed by atoms with Crippen molar-refractivity contribution in [2.75, 3.05) is 11.9 Å². The molecule has 0 fully saturated rings. The van der Waals surface area contributed by atoms with Gasteiger partial charge in [-0.3, -0.25) is 0 Å². The number of rotatable bonds is 2. The highest BCUT2D eigenvalue weighted by Gasteiger charge is 2.05. The highest BCUT2D eigenvalue weighted by molar-refractivity contribution is 7.80. The van der Waals surface area contributed by atoms with Gasteiger partial charge in [0.2, 0.25) is 0 Å². The van der Waals surface area contributed by atoms with Gasteiger partial charge in [-0.2, -0.15) is 0 Å². The molecular weight excluding hydrogens is 262 g/mol. The minimum Gasteiger partial charge on any atom is -0.363 e. The molecule has 0 amide bonds. The normalized spacial score (nSPS) is 10.4. The van der Waals surface area contributed by atoms with E-state index in [9.17, 15) is 0 Å². The van der Waals surface area contributed by atoms with Gasteiger partial charge in [-0.15, -0.1) is 0 Å². The van der Waals surface area contributed by atoms with Crippen LogP contribution in [0.2, 0.25) is 5.02 Å². The van der Waals surface area contributed by atoms with Gasteiger partial charge in [0.15, 0.2) is 10.2 Å². The third-order valence-electron chi connectivity index (χ3n) is 1.91. The van der Waals surface area contributed by atoms with Crippen LogP contribution >= 0.6 is 35.2 Å². The number of aromatic nitrogens is 1. The average molecular weight is 272 g/mol. The summed E-state index contributed by atoms with van der Waals surface area (Å²) in [6.45, 7) is 2.79. The zero-order valence-electron chi connectivity index (χ0n) is 8.58. The van der Waals surface area contributed by atoms with Gasteiger partial charge in [0.1, 0.15) is 0 Å². The standard InChI is InChI=1S/C10H10ClN3S2/c1-2-12-9(15)14-10-13-7-4-3-6(11)5-8(7)16-10/h3-5H,2H2,1H3,(H2,12,13,14,15). The fraction of sp³-hybridized carbons (Fsp3) is 0.200. The van der Waals surface area contributed by atoms with Crippen LogP contribution in [-0.2, 0) is 0 Å². The first-order valence-corrected chi connectivity index (χ1v) is 6.40. The van der Waals surface area contributed by atoms with E-state index in [1.54, 1.807) is 0 Å². The number of nitrogens with zero attached hydrogens (tertiary/aromatic N) is 1. The maximum Gasteiger partial charge on any atom is 0.190 e. The molecule has 2 N–H and O–H groups in total. The van der Waals surface area contributed by atoms with Crippen LogP contribution in [-0.4, -0.2) is 16.6 Å². The predicted octanol–water partition coefficient (Wildman–Crippen LogP) is 3.26. The minimum atomic E-state index is 0.590. The minimum absolute atomic E-state index is 0.590. The van der Waals surface area contributed by atoms with E-state index in [1.807, 2.05) is 25.1 Å². The van der Waals surface area contributed by atoms with Gasteiger partial charge in [0.05, 0.1) is 10.2 Å². The number of halogens is 1. The van der Waals surface area contributed by atoms with Crippen LogP contribution in [0.4, 0.5) is 5.13 Å². The summed E-state index contributed by atoms with van der Waals surface area (Å²) in [5.41, 5.74) is 0.927. The van der Waals surface area contributed by atoms with Crippen molar-refractivity contribution in [3.8, 4) is 0 Å². The molecule has 0 unspecified atom stereocenters. The molecule has 0 aliphatic rings. The predicted molar refractivity (Wildman–Crippen MR) is 74.5 cm³/mol. The number of benzene rings is 1. The number of anilines is 1. The number of thiocarbonyl (C=S) groups is 1. The van der Waals surface area contributed by atoms with Crippen molar-refractivity contribution in [2.45, 2.75) is 6.92 Å². The molecule has 0 spiro atoms. The van der Waals surface area contributed by atoms with Crippen LogP contribution in [0.15, 0.2) is 18.2 Å². The van der Waals surface area contributed by atoms with Crippen LogP contribution in [0, 0.1) is 0 Å². The Morgan fingerprint density at radius 1 is 1.56 bits per heavy atom. The molecule has 0 bridgehead atoms. The summed E-state index contributed by atoms with van der Waals surface area (Å²) < 4.78 is 1.05. The summed E-state index contributed by atoms with van der Waals surface area (Å²) in [5, 5.41) is 8.14. The van der Waals surface area contributed by atoms with Crippen LogP contribution in [0.1, 0.15) is 6.92 Å². The Bertz CT molecular complexity index is 524. The van der Waals surface area contributed by atoms with Crippen molar-refractivity contribution in [3.63, 3.8) is 0 Å². The van der Waals surface area contributed by atoms with Crippen LogP contribution < -0.4 is 10.6 Å². The van der Waals surface area contributed by atoms with Gasteiger partial charge < -0.3 is 10.6 Å². The second-order valence-electron chi connectivity index (χ2n) is 3.12. The van der Waals surface area contributed by atoms with E-state index < -0.39 is 0 Å². The number of hydrogen-bond acceptors (Lipinski definition) is 3. The molecule has 0 aliphatic carbocycles. The summed E-state index contributed by atoms with van der Waals surface area (Å²) in [5.74, 6) is 0. The third kappa shape index (κ3) is 2.61. The molecule has 0 saturated carbocycles. The van der Waals surface area contributed by atoms with E-state index in [2.05, 4.69) is 15.6 Å². The SMILES string of the molecule is CCNC(=S)Nc1nc2ccc(Cl)cc2s1. The zero-order valence-corrected chi connectivity index (χ0v) is 11.0. The molecule has 1 aromatic carbocycles. The highest BCUT2D eigenvalue weighted by Crippen LogP contribution is 2.28. The molecular formula is C10H10ClN3S2. The van der Waals surface area contributed by atoms with Gasteiger partial charge in [-0.25, -0.2) is 4.98 Å². The Balaban J connectivity index is 2.23. The molecule has 1 heterocycles. The van der Waals surface area contributed by atoms with Crippen LogP contribution in [0.5, 0.6) is 0 Å². The Morgan fingerprint density at radius 2 is 2.38 bits per heavy atom. The fourth-order valence-corrected chi connectivity index (χ4v) is 2.71. The van der Waals surface area contributed by atoms with E-state index >= 15 is 0 Å². The van der Waals surface area contributed by atoms with Crippen LogP contribution in [0.25, 0.3) is 10.2 Å². The number of fused-ring (bicyclic) bond motifs is 1. The molecule has 0 radical (unpaired) electrons. The van der Waals surface area contributed by atoms with Crippen molar-refractivity contribution in [3.05, 3.63) is 23.2 Å². The lowest BCUT2D eigenvalue weighted by Crippen LogP contribution is -2.27. The highest BCUT2D eigenvalue weighted by atomic mass is 35.5. The van der Waals surface area contributed by atoms with Crippen molar-refractivity contribution in [1.82, 2.24) is 10.3 Å². The first kappa shape index (κ1) is 11.6. The van der Waals surface area contributed by atoms with Gasteiger partial charge in [-0.1, -0.05) is 22.9 Å². The number of thiazole rings is 1. The number of hydrogen-bond donors (Lipinski definition) is 2. The summed E-state index contributed by atoms with van der Waals surface area (Å²) >= 11 is 12.5. The molecule has 3 nitrogen and oxygen atoms in total. The Morgan fingerprint density at radius 3 is 3.12 bits per heavy atom. The van der Waals surface area contributed by atoms with Crippen molar-refractivity contribution >= 4 is 55.6 Å². The van der Waals surface area contributed by atoms with E-state index in [-0.39, 0.29) is 0 Å². The van der Waals surface area contributed by atoms with Gasteiger partial charge in [0.25, 0.3) is 0 Å². The van der Waals surface area contributed by atoms with Gasteiger partial charge >= 0.3 is 0 Å². The van der Waals surface area contributed by atoms with Crippen molar-refractivity contribution < 1.29 is 0 Å². The second kappa shape index (κ2) is 4.95. The summed E-state index contributed by atoms with van der Waals surface area (Å²) in [6.07, 6.45) is 0. The molecule has 0 aliphatic heterocycles. The summed E-state index contributed by atoms with van der Waals surface area (Å²) in [6, 6.07) is 5.63. The first-order chi connectivity index (χ1) is 7.69. The Hall–Kier alpha value is -0.910. The topological polar surface area (TPSA) is 37.0 Å². The lowest BCUT2D eigenvalue weighted by atomic mass is 10.3. The molecule has 6 heteroatoms. The monoisotopic (exact) mass is 271 g/mol. The molecule has 0 saturated heterocycles. The molecule has 16 heavy (non-hydrogen) atoms. The molecule has 0 atom stereocenters. The lowest BCUT2D eigenvalue weighted by molar-refractivity contribution is 0.979. The largest absolute Gasteiger partial charge is 0.363 e. The van der Waals surface area contributed by atoms with Gasteiger partial charge in [0, 0.05) is 11.6 Å². The van der Waals surface area contributed by atoms with Gasteiger partial charge in [-0.05, 0) is 37.3 Å². The Labute approximate surface area is 108 Å². The zero-order chi connectivity index (χ0) is 11.5. The van der Waals surface area contributed by atoms with Crippen molar-refractivity contribution in [1.29, 1.82) is 0 Å². The van der Waals surface area contributed by atoms with E-state index in [0.717, 1.165) is 26.9 Å². The van der Waals surface area contributed by atoms with Crippen molar-refractivity contribution in [2.24, 2.45) is 0 Å². The smallest absolute Gasteiger partial charge is 0.190 e.